The van der Waals surface area contributed by atoms with Crippen LogP contribution in [0.3, 0.4) is 0 Å². The molecule has 1 heterocycles. The van der Waals surface area contributed by atoms with Gasteiger partial charge < -0.3 is 9.47 Å². The van der Waals surface area contributed by atoms with Gasteiger partial charge in [0.2, 0.25) is 0 Å². The van der Waals surface area contributed by atoms with Crippen LogP contribution in [0.4, 0.5) is 0 Å². The first-order chi connectivity index (χ1) is 10.2. The third kappa shape index (κ3) is 4.24. The van der Waals surface area contributed by atoms with Crippen molar-refractivity contribution in [2.24, 2.45) is 5.41 Å². The van der Waals surface area contributed by atoms with Crippen molar-refractivity contribution in [3.63, 3.8) is 0 Å². The monoisotopic (exact) mass is 309 g/mol. The van der Waals surface area contributed by atoms with E-state index >= 15 is 0 Å². The SMILES string of the molecule is CCCCCC[C@@H]1OC(C)(C)O[C@@](C#N)(CCCC)C1(C)C. The van der Waals surface area contributed by atoms with Gasteiger partial charge in [0.25, 0.3) is 0 Å². The lowest BCUT2D eigenvalue weighted by Crippen LogP contribution is -2.63. The zero-order valence-electron chi connectivity index (χ0n) is 15.5. The lowest BCUT2D eigenvalue weighted by atomic mass is 9.66. The quantitative estimate of drug-likeness (QED) is 0.549. The van der Waals surface area contributed by atoms with Gasteiger partial charge in [0.15, 0.2) is 11.4 Å². The molecule has 0 unspecified atom stereocenters. The number of unbranched alkanes of at least 4 members (excludes halogenated alkanes) is 4. The number of rotatable bonds is 8. The summed E-state index contributed by atoms with van der Waals surface area (Å²) < 4.78 is 12.4. The Morgan fingerprint density at radius 1 is 0.955 bits per heavy atom. The minimum atomic E-state index is -0.750. The van der Waals surface area contributed by atoms with E-state index in [9.17, 15) is 5.26 Å². The first-order valence-corrected chi connectivity index (χ1v) is 9.04. The Bertz CT molecular complexity index is 383. The number of ether oxygens (including phenoxy) is 2. The largest absolute Gasteiger partial charge is 0.347 e. The molecule has 1 aliphatic rings. The summed E-state index contributed by atoms with van der Waals surface area (Å²) in [6, 6.07) is 2.53. The summed E-state index contributed by atoms with van der Waals surface area (Å²) in [5, 5.41) is 9.93. The van der Waals surface area contributed by atoms with E-state index in [2.05, 4.69) is 33.8 Å². The van der Waals surface area contributed by atoms with E-state index in [0.717, 1.165) is 32.1 Å². The number of nitrogens with zero attached hydrogens (tertiary/aromatic N) is 1. The molecule has 0 aromatic rings. The van der Waals surface area contributed by atoms with Gasteiger partial charge in [-0.15, -0.1) is 0 Å². The zero-order chi connectivity index (χ0) is 16.9. The van der Waals surface area contributed by atoms with Gasteiger partial charge in [-0.3, -0.25) is 0 Å². The maximum Gasteiger partial charge on any atom is 0.165 e. The lowest BCUT2D eigenvalue weighted by molar-refractivity contribution is -0.366. The number of hydrogen-bond acceptors (Lipinski definition) is 3. The summed E-state index contributed by atoms with van der Waals surface area (Å²) in [5.74, 6) is -0.686. The van der Waals surface area contributed by atoms with Crippen LogP contribution in [-0.4, -0.2) is 17.5 Å². The molecule has 22 heavy (non-hydrogen) atoms. The van der Waals surface area contributed by atoms with Gasteiger partial charge in [-0.25, -0.2) is 0 Å². The molecule has 0 aromatic carbocycles. The Labute approximate surface area is 137 Å². The maximum absolute atomic E-state index is 9.93. The average Bonchev–Trinajstić information content (AvgIpc) is 2.45. The standard InChI is InChI=1S/C19H35NO2/c1-7-9-11-12-13-16-17(3,4)19(15-20,14-10-8-2)22-18(5,6)21-16/h16H,7-14H2,1-6H3/t16-,19+/m0/s1. The van der Waals surface area contributed by atoms with E-state index in [1.165, 1.54) is 19.3 Å². The molecular formula is C19H35NO2. The second-order valence-electron chi connectivity index (χ2n) is 7.72. The molecule has 0 amide bonds. The van der Waals surface area contributed by atoms with Crippen LogP contribution in [0.1, 0.15) is 92.9 Å². The van der Waals surface area contributed by atoms with Gasteiger partial charge in [0, 0.05) is 5.41 Å². The van der Waals surface area contributed by atoms with Crippen molar-refractivity contribution in [1.29, 1.82) is 5.26 Å². The van der Waals surface area contributed by atoms with Crippen LogP contribution in [-0.2, 0) is 9.47 Å². The highest BCUT2D eigenvalue weighted by molar-refractivity contribution is 5.15. The molecule has 0 saturated carbocycles. The zero-order valence-corrected chi connectivity index (χ0v) is 15.5. The van der Waals surface area contributed by atoms with Crippen LogP contribution in [0.2, 0.25) is 0 Å². The third-order valence-electron chi connectivity index (χ3n) is 5.07. The Morgan fingerprint density at radius 2 is 1.59 bits per heavy atom. The molecule has 1 rings (SSSR count). The molecule has 128 valence electrons. The van der Waals surface area contributed by atoms with Crippen LogP contribution in [0.5, 0.6) is 0 Å². The molecule has 1 saturated heterocycles. The number of nitriles is 1. The summed E-state index contributed by atoms with van der Waals surface area (Å²) in [4.78, 5) is 0. The molecule has 3 nitrogen and oxygen atoms in total. The Kier molecular flexibility index (Phi) is 6.89. The molecule has 0 radical (unpaired) electrons. The third-order valence-corrected chi connectivity index (χ3v) is 5.07. The van der Waals surface area contributed by atoms with E-state index < -0.39 is 11.4 Å². The van der Waals surface area contributed by atoms with Crippen molar-refractivity contribution < 1.29 is 9.47 Å². The molecule has 0 aliphatic carbocycles. The molecule has 0 spiro atoms. The van der Waals surface area contributed by atoms with Crippen LogP contribution in [0, 0.1) is 16.7 Å². The smallest absolute Gasteiger partial charge is 0.165 e. The Morgan fingerprint density at radius 3 is 2.14 bits per heavy atom. The van der Waals surface area contributed by atoms with Crippen molar-refractivity contribution in [2.75, 3.05) is 0 Å². The topological polar surface area (TPSA) is 42.2 Å². The molecule has 0 N–H and O–H groups in total. The van der Waals surface area contributed by atoms with Gasteiger partial charge in [-0.2, -0.15) is 5.26 Å². The first kappa shape index (κ1) is 19.5. The first-order valence-electron chi connectivity index (χ1n) is 9.04. The minimum Gasteiger partial charge on any atom is -0.347 e. The van der Waals surface area contributed by atoms with Gasteiger partial charge in [0.1, 0.15) is 0 Å². The highest BCUT2D eigenvalue weighted by Crippen LogP contribution is 2.50. The Balaban J connectivity index is 2.94. The molecule has 2 atom stereocenters. The predicted molar refractivity (Wildman–Crippen MR) is 90.4 cm³/mol. The van der Waals surface area contributed by atoms with E-state index in [-0.39, 0.29) is 11.5 Å². The summed E-state index contributed by atoms with van der Waals surface area (Å²) >= 11 is 0. The summed E-state index contributed by atoms with van der Waals surface area (Å²) in [7, 11) is 0. The van der Waals surface area contributed by atoms with Gasteiger partial charge in [-0.1, -0.05) is 59.8 Å². The molecule has 0 aromatic heterocycles. The Hall–Kier alpha value is -0.590. The van der Waals surface area contributed by atoms with Crippen LogP contribution < -0.4 is 0 Å². The second kappa shape index (κ2) is 7.79. The lowest BCUT2D eigenvalue weighted by Gasteiger charge is -2.55. The molecule has 0 bridgehead atoms. The van der Waals surface area contributed by atoms with Crippen molar-refractivity contribution >= 4 is 0 Å². The summed E-state index contributed by atoms with van der Waals surface area (Å²) in [6.45, 7) is 12.6. The van der Waals surface area contributed by atoms with E-state index in [4.69, 9.17) is 9.47 Å². The molecule has 1 fully saturated rings. The second-order valence-corrected chi connectivity index (χ2v) is 7.72. The fourth-order valence-corrected chi connectivity index (χ4v) is 3.52. The van der Waals surface area contributed by atoms with Gasteiger partial charge >= 0.3 is 0 Å². The van der Waals surface area contributed by atoms with E-state index in [1.807, 2.05) is 13.8 Å². The van der Waals surface area contributed by atoms with Crippen molar-refractivity contribution in [2.45, 2.75) is 110 Å². The van der Waals surface area contributed by atoms with Crippen LogP contribution in [0.15, 0.2) is 0 Å². The van der Waals surface area contributed by atoms with Gasteiger partial charge in [0.05, 0.1) is 12.2 Å². The fraction of sp³-hybridized carbons (Fsp3) is 0.947. The highest BCUT2D eigenvalue weighted by Gasteiger charge is 2.58. The molecule has 1 aliphatic heterocycles. The van der Waals surface area contributed by atoms with Crippen molar-refractivity contribution in [3.8, 4) is 6.07 Å². The minimum absolute atomic E-state index is 0.0737. The van der Waals surface area contributed by atoms with E-state index in [0.29, 0.717) is 0 Å². The summed E-state index contributed by atoms with van der Waals surface area (Å²) in [6.07, 6.45) is 8.86. The average molecular weight is 309 g/mol. The van der Waals surface area contributed by atoms with Crippen LogP contribution in [0.25, 0.3) is 0 Å². The van der Waals surface area contributed by atoms with Crippen molar-refractivity contribution in [3.05, 3.63) is 0 Å². The normalized spacial score (nSPS) is 30.0. The van der Waals surface area contributed by atoms with Crippen molar-refractivity contribution in [1.82, 2.24) is 0 Å². The molecule has 3 heteroatoms. The molecular weight excluding hydrogens is 274 g/mol. The number of hydrogen-bond donors (Lipinski definition) is 0. The van der Waals surface area contributed by atoms with E-state index in [1.54, 1.807) is 0 Å². The predicted octanol–water partition coefficient (Wildman–Crippen LogP) is 5.59. The van der Waals surface area contributed by atoms with Gasteiger partial charge in [-0.05, 0) is 33.1 Å². The highest BCUT2D eigenvalue weighted by atomic mass is 16.7. The maximum atomic E-state index is 9.93. The van der Waals surface area contributed by atoms with Crippen LogP contribution >= 0.6 is 0 Å². The fourth-order valence-electron chi connectivity index (χ4n) is 3.52. The summed E-state index contributed by atoms with van der Waals surface area (Å²) in [5.41, 5.74) is -1.04.